The number of hydrogen-bond acceptors (Lipinski definition) is 2. The zero-order valence-corrected chi connectivity index (χ0v) is 14.7. The second kappa shape index (κ2) is 7.70. The number of carbonyl (C=O) groups excluding carboxylic acids is 1. The van der Waals surface area contributed by atoms with Crippen LogP contribution in [0.4, 0.5) is 5.69 Å². The number of nitrogens with zero attached hydrogens (tertiary/aromatic N) is 1. The first-order chi connectivity index (χ1) is 13.3. The summed E-state index contributed by atoms with van der Waals surface area (Å²) in [4.78, 5) is 12.4. The quantitative estimate of drug-likeness (QED) is 0.535. The number of nitrogens with one attached hydrogen (secondary N) is 2. The van der Waals surface area contributed by atoms with Crippen LogP contribution in [-0.2, 0) is 11.2 Å². The van der Waals surface area contributed by atoms with Crippen molar-refractivity contribution in [3.8, 4) is 0 Å². The fourth-order valence-electron chi connectivity index (χ4n) is 3.01. The van der Waals surface area contributed by atoms with E-state index < -0.39 is 0 Å². The molecule has 4 aromatic rings. The molecule has 3 aromatic carbocycles. The molecular formula is C23H19N3O. The van der Waals surface area contributed by atoms with Crippen molar-refractivity contribution in [2.45, 2.75) is 6.42 Å². The molecular weight excluding hydrogens is 334 g/mol. The van der Waals surface area contributed by atoms with E-state index in [2.05, 4.69) is 15.5 Å². The van der Waals surface area contributed by atoms with Crippen LogP contribution in [0.2, 0.25) is 0 Å². The molecule has 0 fully saturated rings. The summed E-state index contributed by atoms with van der Waals surface area (Å²) in [5.41, 5.74) is 4.59. The largest absolute Gasteiger partial charge is 0.325 e. The number of fused-ring (bicyclic) bond motifs is 1. The van der Waals surface area contributed by atoms with Crippen LogP contribution in [0.3, 0.4) is 0 Å². The molecule has 0 atom stereocenters. The maximum atomic E-state index is 12.4. The summed E-state index contributed by atoms with van der Waals surface area (Å²) in [5, 5.41) is 11.5. The normalized spacial score (nSPS) is 11.1. The Hall–Kier alpha value is -3.66. The minimum absolute atomic E-state index is 0.0349. The van der Waals surface area contributed by atoms with E-state index in [-0.39, 0.29) is 5.91 Å². The van der Waals surface area contributed by atoms with Crippen molar-refractivity contribution < 1.29 is 4.79 Å². The number of hydrogen-bond donors (Lipinski definition) is 2. The molecule has 0 unspecified atom stereocenters. The Morgan fingerprint density at radius 1 is 0.889 bits per heavy atom. The molecule has 4 rings (SSSR count). The summed E-state index contributed by atoms with van der Waals surface area (Å²) in [6.45, 7) is 0. The number of H-pyrrole nitrogens is 1. The maximum absolute atomic E-state index is 12.4. The van der Waals surface area contributed by atoms with Crippen LogP contribution in [0.25, 0.3) is 23.1 Å². The molecule has 0 spiro atoms. The van der Waals surface area contributed by atoms with Gasteiger partial charge in [0.05, 0.1) is 17.6 Å². The predicted molar refractivity (Wildman–Crippen MR) is 110 cm³/mol. The van der Waals surface area contributed by atoms with Gasteiger partial charge in [0, 0.05) is 11.1 Å². The van der Waals surface area contributed by atoms with Crippen molar-refractivity contribution in [2.24, 2.45) is 0 Å². The minimum Gasteiger partial charge on any atom is -0.325 e. The van der Waals surface area contributed by atoms with Crippen LogP contribution < -0.4 is 5.32 Å². The van der Waals surface area contributed by atoms with Crippen molar-refractivity contribution in [1.29, 1.82) is 0 Å². The SMILES string of the molecule is O=C(Cc1ccccc1)Nc1ccccc1/C=C/c1n[nH]c2ccccc12. The third kappa shape index (κ3) is 3.96. The van der Waals surface area contributed by atoms with Crippen molar-refractivity contribution in [1.82, 2.24) is 10.2 Å². The molecule has 1 heterocycles. The van der Waals surface area contributed by atoms with Gasteiger partial charge in [-0.25, -0.2) is 0 Å². The van der Waals surface area contributed by atoms with Gasteiger partial charge < -0.3 is 5.32 Å². The molecule has 0 saturated heterocycles. The van der Waals surface area contributed by atoms with E-state index in [1.807, 2.05) is 91.0 Å². The number of para-hydroxylation sites is 2. The first kappa shape index (κ1) is 16.8. The second-order valence-electron chi connectivity index (χ2n) is 6.29. The monoisotopic (exact) mass is 353 g/mol. The molecule has 1 amide bonds. The van der Waals surface area contributed by atoms with Gasteiger partial charge in [0.25, 0.3) is 0 Å². The maximum Gasteiger partial charge on any atom is 0.228 e. The van der Waals surface area contributed by atoms with Crippen LogP contribution in [0.5, 0.6) is 0 Å². The number of carbonyl (C=O) groups is 1. The molecule has 0 aliphatic heterocycles. The molecule has 1 aromatic heterocycles. The molecule has 0 radical (unpaired) electrons. The van der Waals surface area contributed by atoms with Crippen LogP contribution in [0, 0.1) is 0 Å². The zero-order valence-electron chi connectivity index (χ0n) is 14.7. The lowest BCUT2D eigenvalue weighted by Crippen LogP contribution is -2.15. The second-order valence-corrected chi connectivity index (χ2v) is 6.29. The van der Waals surface area contributed by atoms with E-state index in [9.17, 15) is 4.79 Å². The van der Waals surface area contributed by atoms with Gasteiger partial charge in [-0.1, -0.05) is 72.8 Å². The molecule has 27 heavy (non-hydrogen) atoms. The third-order valence-corrected chi connectivity index (χ3v) is 4.36. The number of anilines is 1. The Bertz CT molecular complexity index is 1100. The number of aromatic nitrogens is 2. The molecule has 4 heteroatoms. The highest BCUT2D eigenvalue weighted by molar-refractivity contribution is 5.96. The lowest BCUT2D eigenvalue weighted by atomic mass is 10.1. The van der Waals surface area contributed by atoms with E-state index in [0.29, 0.717) is 6.42 Å². The number of rotatable bonds is 5. The Morgan fingerprint density at radius 2 is 1.63 bits per heavy atom. The van der Waals surface area contributed by atoms with Gasteiger partial charge in [0.2, 0.25) is 5.91 Å². The molecule has 4 nitrogen and oxygen atoms in total. The minimum atomic E-state index is -0.0349. The van der Waals surface area contributed by atoms with Crippen molar-refractivity contribution in [3.63, 3.8) is 0 Å². The van der Waals surface area contributed by atoms with E-state index in [1.54, 1.807) is 0 Å². The molecule has 2 N–H and O–H groups in total. The molecule has 0 aliphatic carbocycles. The van der Waals surface area contributed by atoms with E-state index in [1.165, 1.54) is 0 Å². The summed E-state index contributed by atoms with van der Waals surface area (Å²) in [6, 6.07) is 25.5. The summed E-state index contributed by atoms with van der Waals surface area (Å²) in [6.07, 6.45) is 4.28. The lowest BCUT2D eigenvalue weighted by molar-refractivity contribution is -0.115. The van der Waals surface area contributed by atoms with Gasteiger partial charge in [-0.15, -0.1) is 0 Å². The van der Waals surface area contributed by atoms with Crippen molar-refractivity contribution >= 4 is 34.6 Å². The van der Waals surface area contributed by atoms with Gasteiger partial charge in [-0.3, -0.25) is 9.89 Å². The smallest absolute Gasteiger partial charge is 0.228 e. The first-order valence-electron chi connectivity index (χ1n) is 8.83. The summed E-state index contributed by atoms with van der Waals surface area (Å²) in [5.74, 6) is -0.0349. The number of aromatic amines is 1. The fraction of sp³-hybridized carbons (Fsp3) is 0.0435. The Morgan fingerprint density at radius 3 is 2.52 bits per heavy atom. The van der Waals surface area contributed by atoms with Crippen LogP contribution in [0.1, 0.15) is 16.8 Å². The molecule has 0 aliphatic rings. The summed E-state index contributed by atoms with van der Waals surface area (Å²) < 4.78 is 0. The summed E-state index contributed by atoms with van der Waals surface area (Å²) in [7, 11) is 0. The van der Waals surface area contributed by atoms with Crippen LogP contribution in [0.15, 0.2) is 78.9 Å². The lowest BCUT2D eigenvalue weighted by Gasteiger charge is -2.08. The average Bonchev–Trinajstić information content (AvgIpc) is 3.11. The topological polar surface area (TPSA) is 57.8 Å². The van der Waals surface area contributed by atoms with Gasteiger partial charge in [0.1, 0.15) is 0 Å². The Labute approximate surface area is 157 Å². The number of benzene rings is 3. The van der Waals surface area contributed by atoms with Crippen LogP contribution in [-0.4, -0.2) is 16.1 Å². The van der Waals surface area contributed by atoms with E-state index in [4.69, 9.17) is 0 Å². The highest BCUT2D eigenvalue weighted by atomic mass is 16.1. The van der Waals surface area contributed by atoms with Crippen molar-refractivity contribution in [2.75, 3.05) is 5.32 Å². The van der Waals surface area contributed by atoms with Gasteiger partial charge in [-0.2, -0.15) is 5.10 Å². The standard InChI is InChI=1S/C23H19N3O/c27-23(16-17-8-2-1-3-9-17)24-20-12-6-4-10-18(20)14-15-22-19-11-5-7-13-21(19)25-26-22/h1-15H,16H2,(H,24,27)(H,25,26)/b15-14+. The van der Waals surface area contributed by atoms with E-state index in [0.717, 1.165) is 33.4 Å². The predicted octanol–water partition coefficient (Wildman–Crippen LogP) is 4.91. The van der Waals surface area contributed by atoms with Crippen molar-refractivity contribution in [3.05, 3.63) is 95.7 Å². The zero-order chi connectivity index (χ0) is 18.5. The average molecular weight is 353 g/mol. The first-order valence-corrected chi connectivity index (χ1v) is 8.83. The van der Waals surface area contributed by atoms with Gasteiger partial charge in [0.15, 0.2) is 0 Å². The van der Waals surface area contributed by atoms with Crippen LogP contribution >= 0.6 is 0 Å². The summed E-state index contributed by atoms with van der Waals surface area (Å²) >= 11 is 0. The number of amides is 1. The molecule has 0 bridgehead atoms. The molecule has 0 saturated carbocycles. The Kier molecular flexibility index (Phi) is 4.79. The third-order valence-electron chi connectivity index (χ3n) is 4.36. The Balaban J connectivity index is 1.53. The van der Waals surface area contributed by atoms with E-state index >= 15 is 0 Å². The highest BCUT2D eigenvalue weighted by Gasteiger charge is 2.07. The van der Waals surface area contributed by atoms with Gasteiger partial charge >= 0.3 is 0 Å². The molecule has 132 valence electrons. The fourth-order valence-corrected chi connectivity index (χ4v) is 3.01. The van der Waals surface area contributed by atoms with Gasteiger partial charge in [-0.05, 0) is 29.3 Å². The highest BCUT2D eigenvalue weighted by Crippen LogP contribution is 2.21.